The monoisotopic (exact) mass is 313 g/mol. The molecule has 0 aromatic carbocycles. The molecule has 5 nitrogen and oxygen atoms in total. The Kier molecular flexibility index (Phi) is 5.43. The van der Waals surface area contributed by atoms with Crippen molar-refractivity contribution < 1.29 is 8.42 Å². The van der Waals surface area contributed by atoms with Crippen LogP contribution in [0.4, 0.5) is 0 Å². The van der Waals surface area contributed by atoms with Crippen LogP contribution in [0.15, 0.2) is 6.20 Å². The highest BCUT2D eigenvalue weighted by atomic mass is 32.2. The fourth-order valence-electron chi connectivity index (χ4n) is 3.09. The summed E-state index contributed by atoms with van der Waals surface area (Å²) in [4.78, 5) is 4.53. The van der Waals surface area contributed by atoms with Gasteiger partial charge >= 0.3 is 0 Å². The van der Waals surface area contributed by atoms with Crippen LogP contribution in [0, 0.1) is 12.8 Å². The predicted molar refractivity (Wildman–Crippen MR) is 84.7 cm³/mol. The van der Waals surface area contributed by atoms with Crippen molar-refractivity contribution in [3.8, 4) is 0 Å². The number of imidazole rings is 1. The van der Waals surface area contributed by atoms with E-state index < -0.39 is 10.0 Å². The van der Waals surface area contributed by atoms with Crippen molar-refractivity contribution in [3.05, 3.63) is 17.7 Å². The molecule has 0 spiro atoms. The third-order valence-electron chi connectivity index (χ3n) is 4.30. The van der Waals surface area contributed by atoms with Gasteiger partial charge in [-0.3, -0.25) is 0 Å². The first-order valence-corrected chi connectivity index (χ1v) is 9.57. The Balaban J connectivity index is 2.06. The molecule has 0 bridgehead atoms. The summed E-state index contributed by atoms with van der Waals surface area (Å²) in [6, 6.07) is 0. The predicted octanol–water partition coefficient (Wildman–Crippen LogP) is 2.21. The quantitative estimate of drug-likeness (QED) is 0.809. The van der Waals surface area contributed by atoms with Gasteiger partial charge in [-0.2, -0.15) is 0 Å². The summed E-state index contributed by atoms with van der Waals surface area (Å²) >= 11 is 0. The second kappa shape index (κ2) is 6.92. The van der Waals surface area contributed by atoms with Gasteiger partial charge in [0.05, 0.1) is 5.75 Å². The van der Waals surface area contributed by atoms with Gasteiger partial charge < -0.3 is 4.57 Å². The summed E-state index contributed by atoms with van der Waals surface area (Å²) in [6.45, 7) is 8.28. The van der Waals surface area contributed by atoms with Gasteiger partial charge in [0.2, 0.25) is 10.0 Å². The Hall–Kier alpha value is -0.880. The van der Waals surface area contributed by atoms with Gasteiger partial charge in [0.1, 0.15) is 5.82 Å². The van der Waals surface area contributed by atoms with E-state index in [0.717, 1.165) is 38.1 Å². The molecule has 1 aromatic heterocycles. The Morgan fingerprint density at radius 3 is 2.81 bits per heavy atom. The fraction of sp³-hybridized carbons (Fsp3) is 0.800. The van der Waals surface area contributed by atoms with Gasteiger partial charge in [-0.1, -0.05) is 6.92 Å². The average molecular weight is 313 g/mol. The van der Waals surface area contributed by atoms with Crippen LogP contribution < -0.4 is 0 Å². The van der Waals surface area contributed by atoms with E-state index in [4.69, 9.17) is 0 Å². The van der Waals surface area contributed by atoms with Crippen LogP contribution in [0.2, 0.25) is 0 Å². The zero-order chi connectivity index (χ0) is 15.5. The van der Waals surface area contributed by atoms with Gasteiger partial charge in [0.15, 0.2) is 0 Å². The van der Waals surface area contributed by atoms with Gasteiger partial charge in [-0.15, -0.1) is 0 Å². The van der Waals surface area contributed by atoms with E-state index in [0.29, 0.717) is 19.0 Å². The minimum atomic E-state index is -3.06. The lowest BCUT2D eigenvalue weighted by Gasteiger charge is -2.31. The third kappa shape index (κ3) is 3.86. The molecule has 2 rings (SSSR count). The largest absolute Gasteiger partial charge is 0.332 e. The van der Waals surface area contributed by atoms with E-state index >= 15 is 0 Å². The minimum absolute atomic E-state index is 0.198. The highest BCUT2D eigenvalue weighted by molar-refractivity contribution is 7.89. The lowest BCUT2D eigenvalue weighted by Crippen LogP contribution is -2.41. The van der Waals surface area contributed by atoms with Crippen molar-refractivity contribution in [2.24, 2.45) is 5.92 Å². The Morgan fingerprint density at radius 1 is 1.38 bits per heavy atom. The molecule has 1 fully saturated rings. The summed E-state index contributed by atoms with van der Waals surface area (Å²) in [7, 11) is -3.06. The van der Waals surface area contributed by atoms with Crippen LogP contribution in [0.1, 0.15) is 44.6 Å². The van der Waals surface area contributed by atoms with Crippen molar-refractivity contribution in [3.63, 3.8) is 0 Å². The lowest BCUT2D eigenvalue weighted by atomic mass is 9.96. The Morgan fingerprint density at radius 2 is 2.14 bits per heavy atom. The SMILES string of the molecule is CCCn1c(C)cnc1CC1CCCN(S(=O)(=O)CC)C1. The molecule has 1 aromatic rings. The number of hydrogen-bond acceptors (Lipinski definition) is 3. The lowest BCUT2D eigenvalue weighted by molar-refractivity contribution is 0.261. The highest BCUT2D eigenvalue weighted by Crippen LogP contribution is 2.23. The summed E-state index contributed by atoms with van der Waals surface area (Å²) in [5, 5.41) is 0. The molecule has 1 aliphatic rings. The molecule has 120 valence electrons. The molecule has 1 unspecified atom stereocenters. The second-order valence-electron chi connectivity index (χ2n) is 5.94. The van der Waals surface area contributed by atoms with Crippen molar-refractivity contribution in [2.75, 3.05) is 18.8 Å². The molecular weight excluding hydrogens is 286 g/mol. The van der Waals surface area contributed by atoms with Gasteiger partial charge in [-0.25, -0.2) is 17.7 Å². The number of aromatic nitrogens is 2. The summed E-state index contributed by atoms with van der Waals surface area (Å²) in [6.07, 6.45) is 5.94. The van der Waals surface area contributed by atoms with Crippen LogP contribution in [0.25, 0.3) is 0 Å². The maximum Gasteiger partial charge on any atom is 0.213 e. The van der Waals surface area contributed by atoms with E-state index in [1.54, 1.807) is 11.2 Å². The molecule has 1 saturated heterocycles. The average Bonchev–Trinajstić information content (AvgIpc) is 2.81. The van der Waals surface area contributed by atoms with Crippen LogP contribution in [0.5, 0.6) is 0 Å². The maximum atomic E-state index is 12.0. The molecule has 6 heteroatoms. The second-order valence-corrected chi connectivity index (χ2v) is 8.20. The number of hydrogen-bond donors (Lipinski definition) is 0. The standard InChI is InChI=1S/C15H27N3O2S/c1-4-8-18-13(3)11-16-15(18)10-14-7-6-9-17(12-14)21(19,20)5-2/h11,14H,4-10,12H2,1-3H3. The van der Waals surface area contributed by atoms with Crippen molar-refractivity contribution in [2.45, 2.75) is 53.0 Å². The molecular formula is C15H27N3O2S. The first kappa shape index (κ1) is 16.5. The molecule has 0 saturated carbocycles. The molecule has 1 aliphatic heterocycles. The van der Waals surface area contributed by atoms with Gasteiger partial charge in [-0.05, 0) is 39.0 Å². The molecule has 2 heterocycles. The fourth-order valence-corrected chi connectivity index (χ4v) is 4.30. The molecule has 1 atom stereocenters. The van der Waals surface area contributed by atoms with Crippen LogP contribution in [-0.2, 0) is 23.0 Å². The zero-order valence-corrected chi connectivity index (χ0v) is 14.2. The topological polar surface area (TPSA) is 55.2 Å². The molecule has 0 radical (unpaired) electrons. The highest BCUT2D eigenvalue weighted by Gasteiger charge is 2.28. The normalized spacial score (nSPS) is 20.8. The van der Waals surface area contributed by atoms with E-state index in [2.05, 4.69) is 23.4 Å². The van der Waals surface area contributed by atoms with Crippen molar-refractivity contribution in [1.82, 2.24) is 13.9 Å². The number of aryl methyl sites for hydroxylation is 1. The minimum Gasteiger partial charge on any atom is -0.332 e. The van der Waals surface area contributed by atoms with E-state index in [1.165, 1.54) is 5.69 Å². The van der Waals surface area contributed by atoms with Crippen molar-refractivity contribution in [1.29, 1.82) is 0 Å². The maximum absolute atomic E-state index is 12.0. The Labute approximate surface area is 128 Å². The summed E-state index contributed by atoms with van der Waals surface area (Å²) in [5.41, 5.74) is 1.20. The molecule has 0 aliphatic carbocycles. The van der Waals surface area contributed by atoms with E-state index in [-0.39, 0.29) is 5.75 Å². The number of rotatable bonds is 6. The van der Waals surface area contributed by atoms with Crippen LogP contribution in [0.3, 0.4) is 0 Å². The van der Waals surface area contributed by atoms with Crippen LogP contribution >= 0.6 is 0 Å². The van der Waals surface area contributed by atoms with Crippen LogP contribution in [-0.4, -0.2) is 41.1 Å². The first-order chi connectivity index (χ1) is 9.97. The first-order valence-electron chi connectivity index (χ1n) is 7.96. The third-order valence-corrected chi connectivity index (χ3v) is 6.14. The Bertz CT molecular complexity index is 565. The van der Waals surface area contributed by atoms with E-state index in [1.807, 2.05) is 6.20 Å². The number of sulfonamides is 1. The summed E-state index contributed by atoms with van der Waals surface area (Å²) < 4.78 is 28.0. The number of piperidine rings is 1. The molecule has 21 heavy (non-hydrogen) atoms. The van der Waals surface area contributed by atoms with Gasteiger partial charge in [0, 0.05) is 37.9 Å². The van der Waals surface area contributed by atoms with E-state index in [9.17, 15) is 8.42 Å². The zero-order valence-electron chi connectivity index (χ0n) is 13.4. The van der Waals surface area contributed by atoms with Gasteiger partial charge in [0.25, 0.3) is 0 Å². The smallest absolute Gasteiger partial charge is 0.213 e. The molecule has 0 N–H and O–H groups in total. The molecule has 0 amide bonds. The number of nitrogens with zero attached hydrogens (tertiary/aromatic N) is 3. The summed E-state index contributed by atoms with van der Waals surface area (Å²) in [5.74, 6) is 1.69. The van der Waals surface area contributed by atoms with Crippen molar-refractivity contribution >= 4 is 10.0 Å².